The van der Waals surface area contributed by atoms with E-state index in [-0.39, 0.29) is 11.9 Å². The Balaban J connectivity index is 0.000000181. The second kappa shape index (κ2) is 11.8. The number of nitrogen functional groups attached to an aromatic ring is 3. The van der Waals surface area contributed by atoms with E-state index in [9.17, 15) is 0 Å². The molecule has 156 valence electrons. The third-order valence-corrected chi connectivity index (χ3v) is 4.65. The van der Waals surface area contributed by atoms with E-state index in [1.165, 1.54) is 41.3 Å². The molecular weight excluding hydrogens is 460 g/mol. The summed E-state index contributed by atoms with van der Waals surface area (Å²) >= 11 is 7.83. The fraction of sp³-hybridized carbons (Fsp3) is 0. The fourth-order valence-corrected chi connectivity index (χ4v) is 2.99. The molecule has 15 heteroatoms. The first kappa shape index (κ1) is 23.2. The van der Waals surface area contributed by atoms with Crippen molar-refractivity contribution >= 4 is 62.9 Å². The number of anilines is 5. The zero-order valence-electron chi connectivity index (χ0n) is 15.5. The highest BCUT2D eigenvalue weighted by molar-refractivity contribution is 7.16. The molecule has 0 saturated heterocycles. The molecule has 7 N–H and O–H groups in total. The van der Waals surface area contributed by atoms with Gasteiger partial charge in [-0.1, -0.05) is 34.3 Å². The van der Waals surface area contributed by atoms with Crippen LogP contribution in [0.3, 0.4) is 0 Å². The van der Waals surface area contributed by atoms with Gasteiger partial charge in [0.1, 0.15) is 33.5 Å². The van der Waals surface area contributed by atoms with Crippen LogP contribution in [-0.4, -0.2) is 29.9 Å². The highest BCUT2D eigenvalue weighted by Crippen LogP contribution is 2.20. The summed E-state index contributed by atoms with van der Waals surface area (Å²) in [5.41, 5.74) is 15.8. The van der Waals surface area contributed by atoms with Crippen LogP contribution in [0.2, 0.25) is 4.47 Å². The SMILES string of the molecule is N#Cc1cnc(Cl)s1.N#Cc1cnc(Nc2ccnc(N)n2)s1.Nc1ccnc(N)n1. The van der Waals surface area contributed by atoms with Gasteiger partial charge in [0.15, 0.2) is 9.60 Å². The third-order valence-electron chi connectivity index (χ3n) is 2.81. The quantitative estimate of drug-likeness (QED) is 0.330. The van der Waals surface area contributed by atoms with Crippen molar-refractivity contribution in [1.82, 2.24) is 29.9 Å². The minimum atomic E-state index is 0.192. The van der Waals surface area contributed by atoms with E-state index >= 15 is 0 Å². The van der Waals surface area contributed by atoms with E-state index in [4.69, 9.17) is 39.3 Å². The monoisotopic (exact) mass is 472 g/mol. The lowest BCUT2D eigenvalue weighted by Gasteiger charge is -2.00. The van der Waals surface area contributed by atoms with Crippen LogP contribution in [0.5, 0.6) is 0 Å². The lowest BCUT2D eigenvalue weighted by Crippen LogP contribution is -1.98. The predicted octanol–water partition coefficient (Wildman–Crippen LogP) is 2.44. The van der Waals surface area contributed by atoms with Crippen LogP contribution in [0.4, 0.5) is 28.7 Å². The summed E-state index contributed by atoms with van der Waals surface area (Å²) in [6, 6.07) is 7.17. The Morgan fingerprint density at radius 3 is 1.90 bits per heavy atom. The Kier molecular flexibility index (Phi) is 8.81. The van der Waals surface area contributed by atoms with Gasteiger partial charge in [-0.05, 0) is 12.1 Å². The largest absolute Gasteiger partial charge is 0.384 e. The van der Waals surface area contributed by atoms with Gasteiger partial charge in [0.05, 0.1) is 12.4 Å². The van der Waals surface area contributed by atoms with Gasteiger partial charge in [-0.2, -0.15) is 20.5 Å². The van der Waals surface area contributed by atoms with Crippen LogP contribution in [0.1, 0.15) is 9.75 Å². The van der Waals surface area contributed by atoms with Crippen LogP contribution in [0, 0.1) is 22.7 Å². The maximum absolute atomic E-state index is 8.61. The molecule has 4 aromatic rings. The molecule has 0 aromatic carbocycles. The summed E-state index contributed by atoms with van der Waals surface area (Å²) in [6.07, 6.45) is 6.01. The molecule has 0 unspecified atom stereocenters. The zero-order chi connectivity index (χ0) is 22.6. The molecule has 0 amide bonds. The first-order valence-corrected chi connectivity index (χ1v) is 9.97. The van der Waals surface area contributed by atoms with Crippen molar-refractivity contribution in [2.75, 3.05) is 22.5 Å². The summed E-state index contributed by atoms with van der Waals surface area (Å²) in [5.74, 6) is 1.36. The number of halogens is 1. The van der Waals surface area contributed by atoms with Crippen LogP contribution < -0.4 is 22.5 Å². The number of hydrogen-bond acceptors (Lipinski definition) is 14. The molecule has 12 nitrogen and oxygen atoms in total. The highest BCUT2D eigenvalue weighted by atomic mass is 35.5. The first-order valence-electron chi connectivity index (χ1n) is 7.96. The van der Waals surface area contributed by atoms with Gasteiger partial charge in [0.25, 0.3) is 0 Å². The summed E-state index contributed by atoms with van der Waals surface area (Å²) < 4.78 is 0.418. The molecule has 31 heavy (non-hydrogen) atoms. The molecule has 0 aliphatic rings. The van der Waals surface area contributed by atoms with Crippen molar-refractivity contribution < 1.29 is 0 Å². The van der Waals surface area contributed by atoms with Crippen molar-refractivity contribution in [2.45, 2.75) is 0 Å². The molecule has 4 heterocycles. The van der Waals surface area contributed by atoms with Gasteiger partial charge in [0, 0.05) is 12.4 Å². The standard InChI is InChI=1S/C8H6N6S.C4HClN2S.C4H6N4/c9-3-5-4-12-8(15-5)14-6-1-2-11-7(10)13-6;5-4-7-2-3(1-6)8-4;5-3-1-2-7-4(6)8-3/h1-2,4H,(H3,10,11,12,13,14);2H;1-2H,(H4,5,6,7,8). The Morgan fingerprint density at radius 1 is 0.839 bits per heavy atom. The van der Waals surface area contributed by atoms with E-state index in [0.717, 1.165) is 0 Å². The number of hydrogen-bond donors (Lipinski definition) is 4. The average molecular weight is 473 g/mol. The molecule has 0 radical (unpaired) electrons. The van der Waals surface area contributed by atoms with Crippen molar-refractivity contribution in [3.8, 4) is 12.1 Å². The molecule has 0 aliphatic carbocycles. The first-order chi connectivity index (χ1) is 14.9. The smallest absolute Gasteiger partial charge is 0.221 e. The summed E-state index contributed by atoms with van der Waals surface area (Å²) in [6.45, 7) is 0. The number of nitrogens with zero attached hydrogens (tertiary/aromatic N) is 8. The van der Waals surface area contributed by atoms with E-state index in [1.54, 1.807) is 18.3 Å². The van der Waals surface area contributed by atoms with Gasteiger partial charge in [-0.3, -0.25) is 0 Å². The minimum absolute atomic E-state index is 0.192. The second-order valence-corrected chi connectivity index (χ2v) is 7.64. The molecule has 0 atom stereocenters. The Morgan fingerprint density at radius 2 is 1.45 bits per heavy atom. The molecular formula is C16H13ClN12S2. The lowest BCUT2D eigenvalue weighted by atomic mass is 10.6. The topological polar surface area (TPSA) is 215 Å². The molecule has 0 saturated carbocycles. The van der Waals surface area contributed by atoms with Crippen molar-refractivity contribution in [2.24, 2.45) is 0 Å². The normalized spacial score (nSPS) is 9.13. The minimum Gasteiger partial charge on any atom is -0.384 e. The van der Waals surface area contributed by atoms with Crippen LogP contribution in [-0.2, 0) is 0 Å². The lowest BCUT2D eigenvalue weighted by molar-refractivity contribution is 1.18. The summed E-state index contributed by atoms with van der Waals surface area (Å²) in [5, 5.41) is 20.3. The van der Waals surface area contributed by atoms with E-state index in [1.807, 2.05) is 12.1 Å². The molecule has 4 rings (SSSR count). The van der Waals surface area contributed by atoms with E-state index < -0.39 is 0 Å². The Hall–Kier alpha value is -4.11. The highest BCUT2D eigenvalue weighted by Gasteiger charge is 2.02. The molecule has 0 aliphatic heterocycles. The number of thiazole rings is 2. The van der Waals surface area contributed by atoms with Crippen LogP contribution in [0.15, 0.2) is 36.9 Å². The molecule has 0 fully saturated rings. The van der Waals surface area contributed by atoms with E-state index in [2.05, 4.69) is 35.2 Å². The van der Waals surface area contributed by atoms with Crippen molar-refractivity contribution in [1.29, 1.82) is 10.5 Å². The van der Waals surface area contributed by atoms with Gasteiger partial charge >= 0.3 is 0 Å². The third kappa shape index (κ3) is 8.42. The number of rotatable bonds is 2. The van der Waals surface area contributed by atoms with Gasteiger partial charge in [-0.25, -0.2) is 19.9 Å². The Labute approximate surface area is 189 Å². The van der Waals surface area contributed by atoms with Crippen LogP contribution >= 0.6 is 34.3 Å². The molecule has 0 bridgehead atoms. The zero-order valence-corrected chi connectivity index (χ0v) is 17.9. The fourth-order valence-electron chi connectivity index (χ4n) is 1.63. The predicted molar refractivity (Wildman–Crippen MR) is 119 cm³/mol. The number of nitriles is 2. The van der Waals surface area contributed by atoms with Gasteiger partial charge in [-0.15, -0.1) is 0 Å². The second-order valence-electron chi connectivity index (χ2n) is 5.00. The number of aromatic nitrogens is 6. The Bertz CT molecular complexity index is 1190. The summed E-state index contributed by atoms with van der Waals surface area (Å²) in [4.78, 5) is 23.7. The van der Waals surface area contributed by atoms with Crippen molar-refractivity contribution in [3.63, 3.8) is 0 Å². The van der Waals surface area contributed by atoms with E-state index in [0.29, 0.717) is 31.0 Å². The van der Waals surface area contributed by atoms with Crippen molar-refractivity contribution in [3.05, 3.63) is 51.1 Å². The molecule has 0 spiro atoms. The number of nitrogens with two attached hydrogens (primary N) is 3. The van der Waals surface area contributed by atoms with Gasteiger partial charge in [0.2, 0.25) is 11.9 Å². The van der Waals surface area contributed by atoms with Crippen LogP contribution in [0.25, 0.3) is 0 Å². The molecule has 4 aromatic heterocycles. The maximum atomic E-state index is 8.61. The maximum Gasteiger partial charge on any atom is 0.221 e. The average Bonchev–Trinajstić information content (AvgIpc) is 3.37. The van der Waals surface area contributed by atoms with Gasteiger partial charge < -0.3 is 22.5 Å². The number of nitrogens with one attached hydrogen (secondary N) is 1. The summed E-state index contributed by atoms with van der Waals surface area (Å²) in [7, 11) is 0.